The molecule has 0 aromatic carbocycles. The summed E-state index contributed by atoms with van der Waals surface area (Å²) in [7, 11) is 2.35. The maximum atomic E-state index is 3.57. The molecule has 0 aromatic heterocycles. The Morgan fingerprint density at radius 1 is 1.12 bits per heavy atom. The normalized spacial score (nSPS) is 38.8. The molecular weight excluding hydrogens is 208 g/mol. The average Bonchev–Trinajstić information content (AvgIpc) is 2.75. The van der Waals surface area contributed by atoms with E-state index < -0.39 is 0 Å². The van der Waals surface area contributed by atoms with Crippen LogP contribution in [-0.4, -0.2) is 37.1 Å². The zero-order valence-corrected chi connectivity index (χ0v) is 11.9. The first-order valence-corrected chi connectivity index (χ1v) is 7.64. The Morgan fingerprint density at radius 3 is 2.35 bits per heavy atom. The second kappa shape index (κ2) is 6.19. The van der Waals surface area contributed by atoms with Crippen LogP contribution < -0.4 is 5.32 Å². The van der Waals surface area contributed by atoms with Gasteiger partial charge in [0.2, 0.25) is 0 Å². The van der Waals surface area contributed by atoms with E-state index in [0.717, 1.165) is 23.9 Å². The largest absolute Gasteiger partial charge is 0.314 e. The highest BCUT2D eigenvalue weighted by Crippen LogP contribution is 2.29. The van der Waals surface area contributed by atoms with Gasteiger partial charge in [0, 0.05) is 18.6 Å². The van der Waals surface area contributed by atoms with Crippen LogP contribution in [0.1, 0.15) is 52.4 Å². The number of nitrogens with one attached hydrogen (secondary N) is 1. The van der Waals surface area contributed by atoms with Gasteiger partial charge in [0.25, 0.3) is 0 Å². The van der Waals surface area contributed by atoms with E-state index >= 15 is 0 Å². The van der Waals surface area contributed by atoms with Crippen LogP contribution in [-0.2, 0) is 0 Å². The van der Waals surface area contributed by atoms with Crippen LogP contribution in [0.25, 0.3) is 0 Å². The van der Waals surface area contributed by atoms with Gasteiger partial charge in [-0.1, -0.05) is 13.3 Å². The minimum Gasteiger partial charge on any atom is -0.314 e. The smallest absolute Gasteiger partial charge is 0.00925 e. The van der Waals surface area contributed by atoms with E-state index in [4.69, 9.17) is 0 Å². The number of nitrogens with zero attached hydrogens (tertiary/aromatic N) is 1. The summed E-state index contributed by atoms with van der Waals surface area (Å²) in [5.74, 6) is 1.90. The van der Waals surface area contributed by atoms with E-state index in [2.05, 4.69) is 31.1 Å². The van der Waals surface area contributed by atoms with Crippen molar-refractivity contribution in [3.05, 3.63) is 0 Å². The molecule has 0 amide bonds. The van der Waals surface area contributed by atoms with E-state index in [1.54, 1.807) is 0 Å². The summed E-state index contributed by atoms with van der Waals surface area (Å²) in [6, 6.07) is 1.59. The standard InChI is InChI=1S/C15H30N2/c1-4-13-5-7-15(8-6-13)17(3)11-14-9-10-16-12(14)2/h12-16H,4-11H2,1-3H3. The number of rotatable bonds is 4. The van der Waals surface area contributed by atoms with Gasteiger partial charge in [-0.25, -0.2) is 0 Å². The van der Waals surface area contributed by atoms with Crippen molar-refractivity contribution in [3.8, 4) is 0 Å². The van der Waals surface area contributed by atoms with Crippen molar-refractivity contribution >= 4 is 0 Å². The molecule has 2 aliphatic rings. The first-order valence-electron chi connectivity index (χ1n) is 7.64. The average molecular weight is 238 g/mol. The quantitative estimate of drug-likeness (QED) is 0.810. The van der Waals surface area contributed by atoms with E-state index in [9.17, 15) is 0 Å². The first-order chi connectivity index (χ1) is 8.20. The molecule has 1 saturated heterocycles. The summed E-state index contributed by atoms with van der Waals surface area (Å²) < 4.78 is 0. The SMILES string of the molecule is CCC1CCC(N(C)CC2CCNC2C)CC1. The predicted octanol–water partition coefficient (Wildman–Crippen LogP) is 2.89. The lowest BCUT2D eigenvalue weighted by atomic mass is 9.83. The Morgan fingerprint density at radius 2 is 1.82 bits per heavy atom. The lowest BCUT2D eigenvalue weighted by Gasteiger charge is -2.36. The molecule has 2 rings (SSSR count). The zero-order valence-electron chi connectivity index (χ0n) is 11.9. The van der Waals surface area contributed by atoms with Crippen LogP contribution in [0.3, 0.4) is 0 Å². The molecule has 2 heteroatoms. The lowest BCUT2D eigenvalue weighted by Crippen LogP contribution is -2.40. The molecular formula is C15H30N2. The summed E-state index contributed by atoms with van der Waals surface area (Å²) in [4.78, 5) is 2.65. The third kappa shape index (κ3) is 3.45. The molecule has 1 aliphatic heterocycles. The summed E-state index contributed by atoms with van der Waals surface area (Å²) in [5.41, 5.74) is 0. The summed E-state index contributed by atoms with van der Waals surface area (Å²) >= 11 is 0. The Hall–Kier alpha value is -0.0800. The molecule has 2 nitrogen and oxygen atoms in total. The van der Waals surface area contributed by atoms with Crippen molar-refractivity contribution < 1.29 is 0 Å². The molecule has 1 heterocycles. The Kier molecular flexibility index (Phi) is 4.87. The van der Waals surface area contributed by atoms with Gasteiger partial charge in [-0.05, 0) is 64.5 Å². The Labute approximate surface area is 107 Å². The van der Waals surface area contributed by atoms with Crippen molar-refractivity contribution in [2.45, 2.75) is 64.5 Å². The number of hydrogen-bond donors (Lipinski definition) is 1. The van der Waals surface area contributed by atoms with Gasteiger partial charge >= 0.3 is 0 Å². The van der Waals surface area contributed by atoms with E-state index in [1.807, 2.05) is 0 Å². The van der Waals surface area contributed by atoms with Gasteiger partial charge in [0.15, 0.2) is 0 Å². The van der Waals surface area contributed by atoms with E-state index in [0.29, 0.717) is 0 Å². The molecule has 2 fully saturated rings. The molecule has 0 aromatic rings. The summed E-state index contributed by atoms with van der Waals surface area (Å²) in [6.07, 6.45) is 8.55. The molecule has 0 bridgehead atoms. The third-order valence-corrected chi connectivity index (χ3v) is 5.23. The third-order valence-electron chi connectivity index (χ3n) is 5.23. The van der Waals surface area contributed by atoms with Crippen LogP contribution in [0, 0.1) is 11.8 Å². The lowest BCUT2D eigenvalue weighted by molar-refractivity contribution is 0.141. The molecule has 0 spiro atoms. The molecule has 2 unspecified atom stereocenters. The highest BCUT2D eigenvalue weighted by Gasteiger charge is 2.28. The molecule has 1 saturated carbocycles. The highest BCUT2D eigenvalue weighted by atomic mass is 15.1. The maximum absolute atomic E-state index is 3.57. The van der Waals surface area contributed by atoms with Crippen LogP contribution in [0.15, 0.2) is 0 Å². The van der Waals surface area contributed by atoms with Gasteiger partial charge in [0.1, 0.15) is 0 Å². The number of hydrogen-bond acceptors (Lipinski definition) is 2. The van der Waals surface area contributed by atoms with Crippen LogP contribution in [0.5, 0.6) is 0 Å². The van der Waals surface area contributed by atoms with Crippen molar-refractivity contribution in [1.82, 2.24) is 10.2 Å². The Bertz CT molecular complexity index is 221. The van der Waals surface area contributed by atoms with Crippen molar-refractivity contribution in [2.75, 3.05) is 20.1 Å². The second-order valence-corrected chi connectivity index (χ2v) is 6.31. The topological polar surface area (TPSA) is 15.3 Å². The molecule has 17 heavy (non-hydrogen) atoms. The van der Waals surface area contributed by atoms with Crippen LogP contribution in [0.4, 0.5) is 0 Å². The molecule has 100 valence electrons. The molecule has 1 N–H and O–H groups in total. The van der Waals surface area contributed by atoms with E-state index in [1.165, 1.54) is 51.6 Å². The first kappa shape index (κ1) is 13.4. The molecule has 2 atom stereocenters. The Balaban J connectivity index is 1.74. The van der Waals surface area contributed by atoms with Crippen molar-refractivity contribution in [3.63, 3.8) is 0 Å². The van der Waals surface area contributed by atoms with Gasteiger partial charge in [0.05, 0.1) is 0 Å². The fourth-order valence-corrected chi connectivity index (χ4v) is 3.68. The van der Waals surface area contributed by atoms with Crippen LogP contribution >= 0.6 is 0 Å². The van der Waals surface area contributed by atoms with Crippen molar-refractivity contribution in [2.24, 2.45) is 11.8 Å². The summed E-state index contributed by atoms with van der Waals surface area (Å²) in [6.45, 7) is 7.22. The second-order valence-electron chi connectivity index (χ2n) is 6.31. The fraction of sp³-hybridized carbons (Fsp3) is 1.00. The maximum Gasteiger partial charge on any atom is 0.00925 e. The highest BCUT2D eigenvalue weighted by molar-refractivity contribution is 4.85. The van der Waals surface area contributed by atoms with E-state index in [-0.39, 0.29) is 0 Å². The minimum absolute atomic E-state index is 0.726. The van der Waals surface area contributed by atoms with Gasteiger partial charge < -0.3 is 10.2 Å². The van der Waals surface area contributed by atoms with Crippen molar-refractivity contribution in [1.29, 1.82) is 0 Å². The zero-order chi connectivity index (χ0) is 12.3. The fourth-order valence-electron chi connectivity index (χ4n) is 3.68. The monoisotopic (exact) mass is 238 g/mol. The van der Waals surface area contributed by atoms with Gasteiger partial charge in [-0.3, -0.25) is 0 Å². The predicted molar refractivity (Wildman–Crippen MR) is 74.2 cm³/mol. The van der Waals surface area contributed by atoms with Gasteiger partial charge in [-0.15, -0.1) is 0 Å². The molecule has 0 radical (unpaired) electrons. The van der Waals surface area contributed by atoms with Crippen LogP contribution in [0.2, 0.25) is 0 Å². The van der Waals surface area contributed by atoms with Gasteiger partial charge in [-0.2, -0.15) is 0 Å². The minimum atomic E-state index is 0.726. The summed E-state index contributed by atoms with van der Waals surface area (Å²) in [5, 5.41) is 3.57. The molecule has 1 aliphatic carbocycles.